The van der Waals surface area contributed by atoms with Crippen LogP contribution in [0.15, 0.2) is 0 Å². The average Bonchev–Trinajstić information content (AvgIpc) is 2.17. The summed E-state index contributed by atoms with van der Waals surface area (Å²) < 4.78 is 0. The molecule has 1 aliphatic carbocycles. The predicted octanol–water partition coefficient (Wildman–Crippen LogP) is 2.85. The Morgan fingerprint density at radius 2 is 2.00 bits per heavy atom. The molecule has 0 radical (unpaired) electrons. The van der Waals surface area contributed by atoms with Crippen LogP contribution in [0.4, 0.5) is 0 Å². The first-order valence-electron chi connectivity index (χ1n) is 7.27. The summed E-state index contributed by atoms with van der Waals surface area (Å²) in [5.41, 5.74) is 0.495. The third-order valence-corrected chi connectivity index (χ3v) is 5.15. The lowest BCUT2D eigenvalue weighted by Gasteiger charge is -2.51. The van der Waals surface area contributed by atoms with Crippen LogP contribution in [0.1, 0.15) is 47.0 Å². The van der Waals surface area contributed by atoms with Gasteiger partial charge in [-0.15, -0.1) is 0 Å². The van der Waals surface area contributed by atoms with Crippen LogP contribution in [0, 0.1) is 23.2 Å². The average molecular weight is 253 g/mol. The molecular weight excluding hydrogens is 226 g/mol. The van der Waals surface area contributed by atoms with Gasteiger partial charge in [-0.05, 0) is 36.5 Å². The van der Waals surface area contributed by atoms with Crippen molar-refractivity contribution in [3.05, 3.63) is 0 Å². The highest BCUT2D eigenvalue weighted by atomic mass is 16.4. The zero-order valence-corrected chi connectivity index (χ0v) is 12.1. The fourth-order valence-corrected chi connectivity index (χ4v) is 3.81. The highest BCUT2D eigenvalue weighted by molar-refractivity contribution is 5.70. The van der Waals surface area contributed by atoms with Crippen LogP contribution >= 0.6 is 0 Å². The Hall–Kier alpha value is -0.570. The molecule has 2 aliphatic rings. The highest BCUT2D eigenvalue weighted by Gasteiger charge is 2.42. The lowest BCUT2D eigenvalue weighted by Crippen LogP contribution is -2.58. The summed E-state index contributed by atoms with van der Waals surface area (Å²) in [6.45, 7) is 10.9. The third-order valence-electron chi connectivity index (χ3n) is 5.15. The molecular formula is C15H27NO2. The van der Waals surface area contributed by atoms with E-state index in [4.69, 9.17) is 5.11 Å². The van der Waals surface area contributed by atoms with Gasteiger partial charge in [0.15, 0.2) is 0 Å². The van der Waals surface area contributed by atoms with Gasteiger partial charge in [0, 0.05) is 19.1 Å². The minimum Gasteiger partial charge on any atom is -0.481 e. The van der Waals surface area contributed by atoms with Crippen molar-refractivity contribution in [2.75, 3.05) is 13.1 Å². The molecule has 0 aromatic heterocycles. The lowest BCUT2D eigenvalue weighted by atomic mass is 9.69. The molecule has 3 heteroatoms. The van der Waals surface area contributed by atoms with Gasteiger partial charge < -0.3 is 5.11 Å². The van der Waals surface area contributed by atoms with E-state index in [0.29, 0.717) is 17.4 Å². The molecule has 0 aromatic rings. The van der Waals surface area contributed by atoms with Crippen LogP contribution in [-0.2, 0) is 4.79 Å². The van der Waals surface area contributed by atoms with Crippen LogP contribution in [0.5, 0.6) is 0 Å². The van der Waals surface area contributed by atoms with E-state index in [9.17, 15) is 4.79 Å². The van der Waals surface area contributed by atoms with Gasteiger partial charge in [-0.2, -0.15) is 0 Å². The molecule has 0 spiro atoms. The fourth-order valence-electron chi connectivity index (χ4n) is 3.81. The van der Waals surface area contributed by atoms with Crippen LogP contribution in [0.2, 0.25) is 0 Å². The molecule has 104 valence electrons. The summed E-state index contributed by atoms with van der Waals surface area (Å²) in [6.07, 6.45) is 3.88. The van der Waals surface area contributed by atoms with E-state index < -0.39 is 5.97 Å². The van der Waals surface area contributed by atoms with Crippen molar-refractivity contribution in [2.24, 2.45) is 23.2 Å². The van der Waals surface area contributed by atoms with Gasteiger partial charge in [0.1, 0.15) is 0 Å². The molecule has 3 nitrogen and oxygen atoms in total. The Labute approximate surface area is 111 Å². The van der Waals surface area contributed by atoms with Gasteiger partial charge in [-0.3, -0.25) is 9.69 Å². The number of hydrogen-bond donors (Lipinski definition) is 1. The monoisotopic (exact) mass is 253 g/mol. The van der Waals surface area contributed by atoms with Crippen LogP contribution in [-0.4, -0.2) is 35.1 Å². The Morgan fingerprint density at radius 1 is 1.39 bits per heavy atom. The number of aliphatic carboxylic acids is 1. The number of carboxylic acid groups (broad SMARTS) is 1. The van der Waals surface area contributed by atoms with E-state index in [1.807, 2.05) is 6.92 Å². The van der Waals surface area contributed by atoms with Crippen molar-refractivity contribution in [2.45, 2.75) is 53.0 Å². The molecule has 0 bridgehead atoms. The second-order valence-electron chi connectivity index (χ2n) is 7.29. The quantitative estimate of drug-likeness (QED) is 0.841. The Balaban J connectivity index is 1.84. The van der Waals surface area contributed by atoms with Gasteiger partial charge in [-0.25, -0.2) is 0 Å². The van der Waals surface area contributed by atoms with E-state index in [1.165, 1.54) is 19.3 Å². The molecule has 1 N–H and O–H groups in total. The Morgan fingerprint density at radius 3 is 2.50 bits per heavy atom. The minimum absolute atomic E-state index is 0.184. The van der Waals surface area contributed by atoms with Crippen LogP contribution in [0.25, 0.3) is 0 Å². The van der Waals surface area contributed by atoms with Crippen molar-refractivity contribution in [1.82, 2.24) is 4.90 Å². The standard InChI is InChI=1S/C15H27NO2/c1-10-7-15(3,4)6-5-13(10)16-8-12(9-16)11(2)14(17)18/h10-13H,5-9H2,1-4H3,(H,17,18). The summed E-state index contributed by atoms with van der Waals surface area (Å²) in [5, 5.41) is 9.02. The SMILES string of the molecule is CC1CC(C)(C)CCC1N1CC(C(C)C(=O)O)C1. The molecule has 3 unspecified atom stereocenters. The number of carboxylic acids is 1. The molecule has 0 aromatic carbocycles. The maximum atomic E-state index is 10.9. The number of rotatable bonds is 3. The first kappa shape index (κ1) is 13.9. The van der Waals surface area contributed by atoms with E-state index in [-0.39, 0.29) is 5.92 Å². The zero-order valence-electron chi connectivity index (χ0n) is 12.1. The van der Waals surface area contributed by atoms with Crippen molar-refractivity contribution in [3.8, 4) is 0 Å². The summed E-state index contributed by atoms with van der Waals surface area (Å²) in [6, 6.07) is 0.690. The number of carbonyl (C=O) groups is 1. The second kappa shape index (κ2) is 4.84. The van der Waals surface area contributed by atoms with E-state index in [1.54, 1.807) is 0 Å². The smallest absolute Gasteiger partial charge is 0.306 e. The molecule has 2 fully saturated rings. The Kier molecular flexibility index (Phi) is 3.72. The van der Waals surface area contributed by atoms with Gasteiger partial charge in [-0.1, -0.05) is 27.7 Å². The topological polar surface area (TPSA) is 40.5 Å². The zero-order chi connectivity index (χ0) is 13.5. The Bertz CT molecular complexity index is 320. The van der Waals surface area contributed by atoms with Crippen LogP contribution < -0.4 is 0 Å². The summed E-state index contributed by atoms with van der Waals surface area (Å²) in [7, 11) is 0. The summed E-state index contributed by atoms with van der Waals surface area (Å²) in [4.78, 5) is 13.5. The fraction of sp³-hybridized carbons (Fsp3) is 0.933. The molecule has 18 heavy (non-hydrogen) atoms. The first-order chi connectivity index (χ1) is 8.30. The predicted molar refractivity (Wildman–Crippen MR) is 72.4 cm³/mol. The molecule has 0 amide bonds. The summed E-state index contributed by atoms with van der Waals surface area (Å²) >= 11 is 0. The number of likely N-dealkylation sites (tertiary alicyclic amines) is 1. The molecule has 1 saturated carbocycles. The van der Waals surface area contributed by atoms with Gasteiger partial charge in [0.05, 0.1) is 5.92 Å². The normalized spacial score (nSPS) is 34.9. The third kappa shape index (κ3) is 2.71. The molecule has 1 aliphatic heterocycles. The van der Waals surface area contributed by atoms with E-state index >= 15 is 0 Å². The van der Waals surface area contributed by atoms with Gasteiger partial charge in [0.2, 0.25) is 0 Å². The second-order valence-corrected chi connectivity index (χ2v) is 7.29. The maximum Gasteiger partial charge on any atom is 0.306 e. The maximum absolute atomic E-state index is 10.9. The highest BCUT2D eigenvalue weighted by Crippen LogP contribution is 2.42. The van der Waals surface area contributed by atoms with Crippen LogP contribution in [0.3, 0.4) is 0 Å². The van der Waals surface area contributed by atoms with E-state index in [0.717, 1.165) is 19.0 Å². The summed E-state index contributed by atoms with van der Waals surface area (Å²) in [5.74, 6) is 0.286. The van der Waals surface area contributed by atoms with Gasteiger partial charge in [0.25, 0.3) is 0 Å². The lowest BCUT2D eigenvalue weighted by molar-refractivity contribution is -0.146. The number of nitrogens with zero attached hydrogens (tertiary/aromatic N) is 1. The molecule has 2 rings (SSSR count). The molecule has 3 atom stereocenters. The largest absolute Gasteiger partial charge is 0.481 e. The van der Waals surface area contributed by atoms with Gasteiger partial charge >= 0.3 is 5.97 Å². The molecule has 1 heterocycles. The van der Waals surface area contributed by atoms with Crippen molar-refractivity contribution in [3.63, 3.8) is 0 Å². The number of hydrogen-bond acceptors (Lipinski definition) is 2. The minimum atomic E-state index is -0.641. The van der Waals surface area contributed by atoms with E-state index in [2.05, 4.69) is 25.7 Å². The van der Waals surface area contributed by atoms with Crippen molar-refractivity contribution < 1.29 is 9.90 Å². The molecule has 1 saturated heterocycles. The van der Waals surface area contributed by atoms with Crippen molar-refractivity contribution >= 4 is 5.97 Å². The van der Waals surface area contributed by atoms with Crippen molar-refractivity contribution in [1.29, 1.82) is 0 Å². The first-order valence-corrected chi connectivity index (χ1v) is 7.27.